The summed E-state index contributed by atoms with van der Waals surface area (Å²) in [5.74, 6) is -0.329. The SMILES string of the molecule is C=COC(C)=O.O. The first-order chi connectivity index (χ1) is 2.77. The van der Waals surface area contributed by atoms with Crippen molar-refractivity contribution >= 4 is 5.97 Å². The van der Waals surface area contributed by atoms with Gasteiger partial charge in [0.2, 0.25) is 0 Å². The first-order valence-corrected chi connectivity index (χ1v) is 1.55. The van der Waals surface area contributed by atoms with Gasteiger partial charge in [-0.2, -0.15) is 0 Å². The average Bonchev–Trinajstić information content (AvgIpc) is 1.35. The van der Waals surface area contributed by atoms with Crippen LogP contribution in [0.3, 0.4) is 0 Å². The highest BCUT2D eigenvalue weighted by Crippen LogP contribution is 1.70. The maximum atomic E-state index is 9.75. The second kappa shape index (κ2) is 5.17. The minimum absolute atomic E-state index is 0. The minimum Gasteiger partial charge on any atom is -0.435 e. The Hall–Kier alpha value is -0.830. The molecule has 0 aliphatic heterocycles. The zero-order valence-electron chi connectivity index (χ0n) is 4.10. The van der Waals surface area contributed by atoms with E-state index in [2.05, 4.69) is 11.3 Å². The second-order valence-electron chi connectivity index (χ2n) is 0.776. The van der Waals surface area contributed by atoms with Crippen molar-refractivity contribution in [2.24, 2.45) is 0 Å². The minimum atomic E-state index is -0.329. The van der Waals surface area contributed by atoms with E-state index in [-0.39, 0.29) is 11.4 Å². The summed E-state index contributed by atoms with van der Waals surface area (Å²) in [4.78, 5) is 9.75. The van der Waals surface area contributed by atoms with E-state index in [1.807, 2.05) is 0 Å². The lowest BCUT2D eigenvalue weighted by Crippen LogP contribution is -1.87. The van der Waals surface area contributed by atoms with Crippen LogP contribution in [0.4, 0.5) is 0 Å². The molecule has 3 nitrogen and oxygen atoms in total. The summed E-state index contributed by atoms with van der Waals surface area (Å²) >= 11 is 0. The molecule has 0 aliphatic rings. The maximum Gasteiger partial charge on any atom is 0.307 e. The largest absolute Gasteiger partial charge is 0.435 e. The highest BCUT2D eigenvalue weighted by molar-refractivity contribution is 5.66. The first-order valence-electron chi connectivity index (χ1n) is 1.55. The fourth-order valence-electron chi connectivity index (χ4n) is 0.117. The number of esters is 1. The molecule has 0 amide bonds. The van der Waals surface area contributed by atoms with Crippen LogP contribution < -0.4 is 0 Å². The maximum absolute atomic E-state index is 9.75. The zero-order valence-corrected chi connectivity index (χ0v) is 4.10. The average molecular weight is 104 g/mol. The molecule has 0 unspecified atom stereocenters. The molecule has 0 radical (unpaired) electrons. The van der Waals surface area contributed by atoms with Gasteiger partial charge in [0.1, 0.15) is 0 Å². The topological polar surface area (TPSA) is 57.8 Å². The van der Waals surface area contributed by atoms with Gasteiger partial charge in [-0.25, -0.2) is 0 Å². The van der Waals surface area contributed by atoms with E-state index in [0.717, 1.165) is 6.26 Å². The van der Waals surface area contributed by atoms with Crippen molar-refractivity contribution in [2.45, 2.75) is 6.92 Å². The number of hydrogen-bond donors (Lipinski definition) is 0. The number of rotatable bonds is 1. The number of carbonyl (C=O) groups is 1. The molecule has 0 atom stereocenters. The molecule has 0 saturated carbocycles. The predicted octanol–water partition coefficient (Wildman–Crippen LogP) is -0.132. The van der Waals surface area contributed by atoms with Crippen molar-refractivity contribution in [3.63, 3.8) is 0 Å². The van der Waals surface area contributed by atoms with Gasteiger partial charge in [0.25, 0.3) is 0 Å². The summed E-state index contributed by atoms with van der Waals surface area (Å²) in [6.07, 6.45) is 1.10. The van der Waals surface area contributed by atoms with Gasteiger partial charge >= 0.3 is 5.97 Å². The Morgan fingerprint density at radius 2 is 2.29 bits per heavy atom. The third-order valence-corrected chi connectivity index (χ3v) is 0.249. The molecule has 0 aromatic heterocycles. The van der Waals surface area contributed by atoms with Crippen LogP contribution in [0.1, 0.15) is 6.92 Å². The summed E-state index contributed by atoms with van der Waals surface area (Å²) in [6.45, 7) is 4.48. The Morgan fingerprint density at radius 3 is 2.29 bits per heavy atom. The molecule has 0 saturated heterocycles. The van der Waals surface area contributed by atoms with Crippen molar-refractivity contribution in [3.8, 4) is 0 Å². The normalized spacial score (nSPS) is 5.86. The van der Waals surface area contributed by atoms with Crippen LogP contribution in [0.2, 0.25) is 0 Å². The van der Waals surface area contributed by atoms with Crippen molar-refractivity contribution in [1.82, 2.24) is 0 Å². The van der Waals surface area contributed by atoms with E-state index in [0.29, 0.717) is 0 Å². The summed E-state index contributed by atoms with van der Waals surface area (Å²) in [6, 6.07) is 0. The molecule has 3 heteroatoms. The lowest BCUT2D eigenvalue weighted by molar-refractivity contribution is -0.135. The number of carbonyl (C=O) groups excluding carboxylic acids is 1. The molecule has 0 aromatic rings. The fourth-order valence-corrected chi connectivity index (χ4v) is 0.117. The standard InChI is InChI=1S/C4H6O2.H2O/c1-3-6-4(2)5;/h3H,1H2,2H3;1H2. The monoisotopic (exact) mass is 104 g/mol. The molecule has 0 bridgehead atoms. The molecule has 0 fully saturated rings. The molecular formula is C4H8O3. The summed E-state index contributed by atoms with van der Waals surface area (Å²) in [5, 5.41) is 0. The molecule has 0 heterocycles. The van der Waals surface area contributed by atoms with Crippen LogP contribution >= 0.6 is 0 Å². The highest BCUT2D eigenvalue weighted by Gasteiger charge is 1.79. The second-order valence-corrected chi connectivity index (χ2v) is 0.776. The third-order valence-electron chi connectivity index (χ3n) is 0.249. The Morgan fingerprint density at radius 1 is 1.86 bits per heavy atom. The van der Waals surface area contributed by atoms with Gasteiger partial charge in [0, 0.05) is 6.92 Å². The molecule has 0 rings (SSSR count). The highest BCUT2D eigenvalue weighted by atomic mass is 16.5. The Balaban J connectivity index is 0. The van der Waals surface area contributed by atoms with Crippen molar-refractivity contribution in [3.05, 3.63) is 12.8 Å². The molecule has 2 N–H and O–H groups in total. The summed E-state index contributed by atoms with van der Waals surface area (Å²) in [5.41, 5.74) is 0. The van der Waals surface area contributed by atoms with Gasteiger partial charge in [-0.1, -0.05) is 6.58 Å². The lowest BCUT2D eigenvalue weighted by atomic mass is 10.8. The van der Waals surface area contributed by atoms with Crippen molar-refractivity contribution in [1.29, 1.82) is 0 Å². The Kier molecular flexibility index (Phi) is 7.00. The van der Waals surface area contributed by atoms with Crippen LogP contribution in [-0.4, -0.2) is 11.4 Å². The summed E-state index contributed by atoms with van der Waals surface area (Å²) < 4.78 is 4.17. The molecule has 7 heavy (non-hydrogen) atoms. The number of ether oxygens (including phenoxy) is 1. The molecule has 42 valence electrons. The third kappa shape index (κ3) is 11.0. The lowest BCUT2D eigenvalue weighted by Gasteiger charge is -1.83. The van der Waals surface area contributed by atoms with Gasteiger partial charge in [0.15, 0.2) is 0 Å². The van der Waals surface area contributed by atoms with Gasteiger partial charge < -0.3 is 10.2 Å². The van der Waals surface area contributed by atoms with E-state index in [1.54, 1.807) is 0 Å². The Labute approximate surface area is 41.9 Å². The van der Waals surface area contributed by atoms with E-state index < -0.39 is 0 Å². The fraction of sp³-hybridized carbons (Fsp3) is 0.250. The Bertz CT molecular complexity index is 67.3. The van der Waals surface area contributed by atoms with E-state index >= 15 is 0 Å². The first kappa shape index (κ1) is 9.48. The van der Waals surface area contributed by atoms with Gasteiger partial charge in [0.05, 0.1) is 6.26 Å². The van der Waals surface area contributed by atoms with Crippen LogP contribution in [-0.2, 0) is 9.53 Å². The van der Waals surface area contributed by atoms with Crippen molar-refractivity contribution in [2.75, 3.05) is 0 Å². The van der Waals surface area contributed by atoms with E-state index in [9.17, 15) is 4.79 Å². The molecular weight excluding hydrogens is 96.0 g/mol. The van der Waals surface area contributed by atoms with Crippen LogP contribution in [0.15, 0.2) is 12.8 Å². The quantitative estimate of drug-likeness (QED) is 0.343. The van der Waals surface area contributed by atoms with E-state index in [4.69, 9.17) is 0 Å². The zero-order chi connectivity index (χ0) is 4.99. The van der Waals surface area contributed by atoms with Crippen LogP contribution in [0.25, 0.3) is 0 Å². The van der Waals surface area contributed by atoms with Gasteiger partial charge in [-0.15, -0.1) is 0 Å². The molecule has 0 aromatic carbocycles. The smallest absolute Gasteiger partial charge is 0.307 e. The summed E-state index contributed by atoms with van der Waals surface area (Å²) in [7, 11) is 0. The molecule has 0 aliphatic carbocycles. The van der Waals surface area contributed by atoms with Crippen molar-refractivity contribution < 1.29 is 15.0 Å². The van der Waals surface area contributed by atoms with Crippen LogP contribution in [0, 0.1) is 0 Å². The van der Waals surface area contributed by atoms with E-state index in [1.165, 1.54) is 6.92 Å². The predicted molar refractivity (Wildman–Crippen MR) is 25.6 cm³/mol. The van der Waals surface area contributed by atoms with Gasteiger partial charge in [-0.3, -0.25) is 4.79 Å². The van der Waals surface area contributed by atoms with Gasteiger partial charge in [-0.05, 0) is 0 Å². The molecule has 0 spiro atoms. The van der Waals surface area contributed by atoms with Crippen LogP contribution in [0.5, 0.6) is 0 Å². The number of hydrogen-bond acceptors (Lipinski definition) is 2.